The largest absolute Gasteiger partial charge is 0.478 e. The lowest BCUT2D eigenvalue weighted by Crippen LogP contribution is -2.48. The van der Waals surface area contributed by atoms with Crippen molar-refractivity contribution in [3.63, 3.8) is 0 Å². The molecule has 0 aliphatic carbocycles. The molecule has 0 unspecified atom stereocenters. The Morgan fingerprint density at radius 2 is 2.16 bits per heavy atom. The standard InChI is InChI=1S/C16H23NO2/c1-5-8-17-14-7-6-12(15(18)19)9-13(14)11(2)10-16(17,3)4/h6-7,9,11H,5,8,10H2,1-4H3,(H,18,19)/t11-/m0/s1. The molecule has 1 aliphatic heterocycles. The maximum Gasteiger partial charge on any atom is 0.335 e. The molecule has 1 aliphatic rings. The van der Waals surface area contributed by atoms with Crippen LogP contribution in [0, 0.1) is 0 Å². The Balaban J connectivity index is 2.51. The summed E-state index contributed by atoms with van der Waals surface area (Å²) in [5, 5.41) is 9.13. The van der Waals surface area contributed by atoms with E-state index in [1.807, 2.05) is 12.1 Å². The molecule has 0 aromatic heterocycles. The van der Waals surface area contributed by atoms with Crippen molar-refractivity contribution < 1.29 is 9.90 Å². The molecule has 1 N–H and O–H groups in total. The number of aromatic carboxylic acids is 1. The molecule has 0 saturated carbocycles. The fraction of sp³-hybridized carbons (Fsp3) is 0.562. The Bertz CT molecular complexity index is 494. The van der Waals surface area contributed by atoms with Gasteiger partial charge < -0.3 is 10.0 Å². The zero-order valence-electron chi connectivity index (χ0n) is 12.2. The Hall–Kier alpha value is -1.51. The predicted molar refractivity (Wildman–Crippen MR) is 78.1 cm³/mol. The van der Waals surface area contributed by atoms with E-state index >= 15 is 0 Å². The Kier molecular flexibility index (Phi) is 3.57. The van der Waals surface area contributed by atoms with Crippen molar-refractivity contribution in [2.24, 2.45) is 0 Å². The maximum atomic E-state index is 11.1. The summed E-state index contributed by atoms with van der Waals surface area (Å²) in [7, 11) is 0. The van der Waals surface area contributed by atoms with Crippen LogP contribution in [-0.2, 0) is 0 Å². The van der Waals surface area contributed by atoms with Crippen molar-refractivity contribution in [2.45, 2.75) is 52.0 Å². The van der Waals surface area contributed by atoms with Crippen molar-refractivity contribution in [3.8, 4) is 0 Å². The first-order valence-electron chi connectivity index (χ1n) is 7.01. The molecule has 19 heavy (non-hydrogen) atoms. The van der Waals surface area contributed by atoms with E-state index in [2.05, 4.69) is 32.6 Å². The molecule has 0 bridgehead atoms. The highest BCUT2D eigenvalue weighted by molar-refractivity contribution is 5.88. The maximum absolute atomic E-state index is 11.1. The quantitative estimate of drug-likeness (QED) is 0.897. The molecule has 1 aromatic rings. The van der Waals surface area contributed by atoms with Crippen molar-refractivity contribution in [1.82, 2.24) is 0 Å². The number of carboxylic acid groups (broad SMARTS) is 1. The summed E-state index contributed by atoms with van der Waals surface area (Å²) in [4.78, 5) is 13.5. The number of benzene rings is 1. The molecule has 104 valence electrons. The van der Waals surface area contributed by atoms with Crippen LogP contribution in [0.1, 0.15) is 62.4 Å². The van der Waals surface area contributed by atoms with Crippen LogP contribution in [0.25, 0.3) is 0 Å². The average molecular weight is 261 g/mol. The van der Waals surface area contributed by atoms with Crippen LogP contribution < -0.4 is 4.90 Å². The predicted octanol–water partition coefficient (Wildman–Crippen LogP) is 3.89. The molecule has 0 amide bonds. The Morgan fingerprint density at radius 3 is 2.74 bits per heavy atom. The number of anilines is 1. The van der Waals surface area contributed by atoms with Gasteiger partial charge in [-0.3, -0.25) is 0 Å². The highest BCUT2D eigenvalue weighted by atomic mass is 16.4. The summed E-state index contributed by atoms with van der Waals surface area (Å²) >= 11 is 0. The molecule has 1 aromatic carbocycles. The number of hydrogen-bond donors (Lipinski definition) is 1. The van der Waals surface area contributed by atoms with Crippen LogP contribution in [0.15, 0.2) is 18.2 Å². The number of carboxylic acids is 1. The summed E-state index contributed by atoms with van der Waals surface area (Å²) in [5.74, 6) is -0.445. The first-order valence-corrected chi connectivity index (χ1v) is 7.01. The Morgan fingerprint density at radius 1 is 1.47 bits per heavy atom. The van der Waals surface area contributed by atoms with Crippen LogP contribution in [0.2, 0.25) is 0 Å². The van der Waals surface area contributed by atoms with Crippen LogP contribution in [0.4, 0.5) is 5.69 Å². The van der Waals surface area contributed by atoms with E-state index < -0.39 is 5.97 Å². The molecule has 3 heteroatoms. The van der Waals surface area contributed by atoms with E-state index in [4.69, 9.17) is 5.11 Å². The normalized spacial score (nSPS) is 21.1. The first-order chi connectivity index (χ1) is 8.86. The second-order valence-corrected chi connectivity index (χ2v) is 6.15. The van der Waals surface area contributed by atoms with E-state index in [9.17, 15) is 4.79 Å². The molecular formula is C16H23NO2. The van der Waals surface area contributed by atoms with Crippen molar-refractivity contribution in [3.05, 3.63) is 29.3 Å². The SMILES string of the molecule is CCCN1c2ccc(C(=O)O)cc2[C@@H](C)CC1(C)C. The smallest absolute Gasteiger partial charge is 0.335 e. The average Bonchev–Trinajstić information content (AvgIpc) is 2.33. The minimum atomic E-state index is -0.845. The minimum Gasteiger partial charge on any atom is -0.478 e. The van der Waals surface area contributed by atoms with Crippen LogP contribution >= 0.6 is 0 Å². The second kappa shape index (κ2) is 4.87. The molecule has 0 fully saturated rings. The number of nitrogens with zero attached hydrogens (tertiary/aromatic N) is 1. The van der Waals surface area contributed by atoms with Gasteiger partial charge in [-0.2, -0.15) is 0 Å². The second-order valence-electron chi connectivity index (χ2n) is 6.15. The third-order valence-electron chi connectivity index (χ3n) is 4.08. The zero-order valence-corrected chi connectivity index (χ0v) is 12.2. The fourth-order valence-electron chi connectivity index (χ4n) is 3.27. The molecule has 1 heterocycles. The zero-order chi connectivity index (χ0) is 14.2. The summed E-state index contributed by atoms with van der Waals surface area (Å²) in [6, 6.07) is 5.55. The lowest BCUT2D eigenvalue weighted by Gasteiger charge is -2.47. The summed E-state index contributed by atoms with van der Waals surface area (Å²) in [6.45, 7) is 9.93. The van der Waals surface area contributed by atoms with Gasteiger partial charge in [-0.05, 0) is 56.4 Å². The van der Waals surface area contributed by atoms with Crippen molar-refractivity contribution in [1.29, 1.82) is 0 Å². The number of carbonyl (C=O) groups is 1. The molecule has 3 nitrogen and oxygen atoms in total. The Labute approximate surface area is 115 Å². The summed E-state index contributed by atoms with van der Waals surface area (Å²) in [6.07, 6.45) is 2.15. The van der Waals surface area contributed by atoms with Gasteiger partial charge in [-0.15, -0.1) is 0 Å². The monoisotopic (exact) mass is 261 g/mol. The van der Waals surface area contributed by atoms with Gasteiger partial charge in [0.05, 0.1) is 5.56 Å². The van der Waals surface area contributed by atoms with E-state index in [1.54, 1.807) is 6.07 Å². The first kappa shape index (κ1) is 13.9. The minimum absolute atomic E-state index is 0.132. The van der Waals surface area contributed by atoms with Crippen LogP contribution in [-0.4, -0.2) is 23.2 Å². The van der Waals surface area contributed by atoms with Gasteiger partial charge >= 0.3 is 5.97 Å². The van der Waals surface area contributed by atoms with E-state index in [-0.39, 0.29) is 5.54 Å². The molecular weight excluding hydrogens is 238 g/mol. The topological polar surface area (TPSA) is 40.5 Å². The molecule has 0 radical (unpaired) electrons. The van der Waals surface area contributed by atoms with Gasteiger partial charge in [-0.25, -0.2) is 4.79 Å². The molecule has 2 rings (SSSR count). The number of fused-ring (bicyclic) bond motifs is 1. The number of hydrogen-bond acceptors (Lipinski definition) is 2. The molecule has 1 atom stereocenters. The third-order valence-corrected chi connectivity index (χ3v) is 4.08. The van der Waals surface area contributed by atoms with Gasteiger partial charge in [0.25, 0.3) is 0 Å². The van der Waals surface area contributed by atoms with Gasteiger partial charge in [0.1, 0.15) is 0 Å². The van der Waals surface area contributed by atoms with Gasteiger partial charge in [-0.1, -0.05) is 13.8 Å². The van der Waals surface area contributed by atoms with Crippen molar-refractivity contribution in [2.75, 3.05) is 11.4 Å². The number of rotatable bonds is 3. The lowest BCUT2D eigenvalue weighted by atomic mass is 9.79. The van der Waals surface area contributed by atoms with Gasteiger partial charge in [0, 0.05) is 17.8 Å². The summed E-state index contributed by atoms with van der Waals surface area (Å²) < 4.78 is 0. The van der Waals surface area contributed by atoms with Crippen LogP contribution in [0.5, 0.6) is 0 Å². The van der Waals surface area contributed by atoms with Gasteiger partial charge in [0.2, 0.25) is 0 Å². The van der Waals surface area contributed by atoms with Gasteiger partial charge in [0.15, 0.2) is 0 Å². The molecule has 0 saturated heterocycles. The van der Waals surface area contributed by atoms with E-state index in [1.165, 1.54) is 11.3 Å². The third kappa shape index (κ3) is 2.46. The summed E-state index contributed by atoms with van der Waals surface area (Å²) in [5.41, 5.74) is 2.90. The van der Waals surface area contributed by atoms with E-state index in [0.717, 1.165) is 19.4 Å². The van der Waals surface area contributed by atoms with Crippen molar-refractivity contribution >= 4 is 11.7 Å². The van der Waals surface area contributed by atoms with Crippen LogP contribution in [0.3, 0.4) is 0 Å². The lowest BCUT2D eigenvalue weighted by molar-refractivity contribution is 0.0696. The van der Waals surface area contributed by atoms with E-state index in [0.29, 0.717) is 11.5 Å². The highest BCUT2D eigenvalue weighted by Crippen LogP contribution is 2.43. The fourth-order valence-corrected chi connectivity index (χ4v) is 3.27. The molecule has 0 spiro atoms. The highest BCUT2D eigenvalue weighted by Gasteiger charge is 2.35.